The zero-order valence-electron chi connectivity index (χ0n) is 8.86. The van der Waals surface area contributed by atoms with Crippen molar-refractivity contribution < 1.29 is 0 Å². The summed E-state index contributed by atoms with van der Waals surface area (Å²) in [7, 11) is 0. The third-order valence-corrected chi connectivity index (χ3v) is 4.96. The molecule has 0 nitrogen and oxygen atoms in total. The molecule has 0 atom stereocenters. The Kier molecular flexibility index (Phi) is 10.9. The molecule has 0 unspecified atom stereocenters. The van der Waals surface area contributed by atoms with E-state index in [1.54, 1.807) is 23.5 Å². The van der Waals surface area contributed by atoms with Crippen molar-refractivity contribution in [3.05, 3.63) is 19.8 Å². The van der Waals surface area contributed by atoms with Gasteiger partial charge >= 0.3 is 0 Å². The summed E-state index contributed by atoms with van der Waals surface area (Å²) >= 11 is 20.7. The van der Waals surface area contributed by atoms with Crippen LogP contribution in [0, 0.1) is 0 Å². The second-order valence-electron chi connectivity index (χ2n) is 2.77. The molecule has 0 radical (unpaired) electrons. The fraction of sp³-hybridized carbons (Fsp3) is 0.600. The highest BCUT2D eigenvalue weighted by molar-refractivity contribution is 8.22. The van der Waals surface area contributed by atoms with Gasteiger partial charge in [-0.2, -0.15) is 0 Å². The topological polar surface area (TPSA) is 0 Å². The van der Waals surface area contributed by atoms with Crippen molar-refractivity contribution in [2.45, 2.75) is 26.7 Å². The van der Waals surface area contributed by atoms with E-state index in [0.29, 0.717) is 5.03 Å². The maximum atomic E-state index is 5.88. The third kappa shape index (κ3) is 8.82. The van der Waals surface area contributed by atoms with E-state index in [-0.39, 0.29) is 4.49 Å². The van der Waals surface area contributed by atoms with E-state index in [9.17, 15) is 0 Å². The van der Waals surface area contributed by atoms with Crippen LogP contribution in [0.5, 0.6) is 0 Å². The van der Waals surface area contributed by atoms with Gasteiger partial charge in [0.05, 0.1) is 5.03 Å². The molecule has 15 heavy (non-hydrogen) atoms. The van der Waals surface area contributed by atoms with Gasteiger partial charge in [0.1, 0.15) is 4.49 Å². The summed E-state index contributed by atoms with van der Waals surface area (Å²) in [6, 6.07) is 0. The van der Waals surface area contributed by atoms with Gasteiger partial charge in [0, 0.05) is 4.24 Å². The van der Waals surface area contributed by atoms with Crippen LogP contribution in [-0.2, 0) is 0 Å². The molecule has 0 saturated heterocycles. The lowest BCUT2D eigenvalue weighted by atomic mass is 10.6. The summed E-state index contributed by atoms with van der Waals surface area (Å²) in [5.74, 6) is 2.18. The van der Waals surface area contributed by atoms with Gasteiger partial charge in [0.25, 0.3) is 0 Å². The van der Waals surface area contributed by atoms with E-state index >= 15 is 0 Å². The number of rotatable bonds is 7. The minimum Gasteiger partial charge on any atom is -0.119 e. The molecule has 0 aliphatic carbocycles. The van der Waals surface area contributed by atoms with E-state index in [1.807, 2.05) is 6.08 Å². The molecule has 5 heteroatoms. The molecule has 0 aliphatic heterocycles. The number of hydrogen-bond donors (Lipinski definition) is 0. The maximum Gasteiger partial charge on any atom is 0.125 e. The summed E-state index contributed by atoms with van der Waals surface area (Å²) in [5.41, 5.74) is 0. The highest BCUT2D eigenvalue weighted by Crippen LogP contribution is 2.33. The molecule has 0 N–H and O–H groups in total. The first-order valence-electron chi connectivity index (χ1n) is 4.79. The lowest BCUT2D eigenvalue weighted by Gasteiger charge is -2.05. The number of allylic oxidation sites excluding steroid dienone is 2. The zero-order valence-corrected chi connectivity index (χ0v) is 12.8. The lowest BCUT2D eigenvalue weighted by Crippen LogP contribution is -1.80. The van der Waals surface area contributed by atoms with E-state index in [4.69, 9.17) is 34.8 Å². The Balaban J connectivity index is 4.39. The van der Waals surface area contributed by atoms with Gasteiger partial charge in [-0.25, -0.2) is 0 Å². The van der Waals surface area contributed by atoms with Crippen LogP contribution >= 0.6 is 58.3 Å². The van der Waals surface area contributed by atoms with E-state index in [1.165, 1.54) is 4.24 Å². The molecule has 0 heterocycles. The van der Waals surface area contributed by atoms with Crippen LogP contribution in [0.25, 0.3) is 0 Å². The maximum absolute atomic E-state index is 5.88. The van der Waals surface area contributed by atoms with Gasteiger partial charge in [-0.3, -0.25) is 0 Å². The smallest absolute Gasteiger partial charge is 0.119 e. The predicted octanol–water partition coefficient (Wildman–Crippen LogP) is 6.00. The van der Waals surface area contributed by atoms with Gasteiger partial charge in [0.15, 0.2) is 0 Å². The summed E-state index contributed by atoms with van der Waals surface area (Å²) < 4.78 is 1.31. The number of thioether (sulfide) groups is 2. The molecule has 0 spiro atoms. The molecular formula is C10H15Cl3S2. The van der Waals surface area contributed by atoms with Crippen molar-refractivity contribution >= 4 is 58.3 Å². The molecule has 0 aromatic carbocycles. The summed E-state index contributed by atoms with van der Waals surface area (Å²) in [4.78, 5) is 0. The first-order valence-corrected chi connectivity index (χ1v) is 7.90. The minimum atomic E-state index is 0.128. The average molecular weight is 306 g/mol. The van der Waals surface area contributed by atoms with Crippen LogP contribution in [0.2, 0.25) is 0 Å². The van der Waals surface area contributed by atoms with Gasteiger partial charge < -0.3 is 0 Å². The lowest BCUT2D eigenvalue weighted by molar-refractivity contribution is 1.11. The van der Waals surface area contributed by atoms with Crippen molar-refractivity contribution in [3.63, 3.8) is 0 Å². The summed E-state index contributed by atoms with van der Waals surface area (Å²) in [5, 5.41) is 0.417. The Morgan fingerprint density at radius 2 is 1.47 bits per heavy atom. The fourth-order valence-electron chi connectivity index (χ4n) is 0.688. The molecule has 0 aromatic heterocycles. The Hall–Kier alpha value is 1.05. The first kappa shape index (κ1) is 16.1. The van der Waals surface area contributed by atoms with E-state index in [2.05, 4.69) is 13.8 Å². The van der Waals surface area contributed by atoms with Crippen LogP contribution in [0.1, 0.15) is 26.7 Å². The zero-order chi connectivity index (χ0) is 11.7. The Morgan fingerprint density at radius 1 is 1.00 bits per heavy atom. The van der Waals surface area contributed by atoms with E-state index < -0.39 is 0 Å². The number of halogens is 3. The molecular weight excluding hydrogens is 291 g/mol. The van der Waals surface area contributed by atoms with Crippen LogP contribution in [-0.4, -0.2) is 11.5 Å². The van der Waals surface area contributed by atoms with Crippen LogP contribution in [0.15, 0.2) is 19.8 Å². The Bertz CT molecular complexity index is 223. The SMILES string of the molecule is CCCSC(=CC(Cl)=C(Cl)Cl)SCCC. The van der Waals surface area contributed by atoms with Crippen molar-refractivity contribution in [1.82, 2.24) is 0 Å². The van der Waals surface area contributed by atoms with Gasteiger partial charge in [-0.15, -0.1) is 23.5 Å². The average Bonchev–Trinajstić information content (AvgIpc) is 2.21. The molecule has 0 aromatic rings. The Morgan fingerprint density at radius 3 is 1.80 bits per heavy atom. The van der Waals surface area contributed by atoms with Crippen molar-refractivity contribution in [1.29, 1.82) is 0 Å². The molecule has 0 rings (SSSR count). The quantitative estimate of drug-likeness (QED) is 0.529. The van der Waals surface area contributed by atoms with Crippen LogP contribution < -0.4 is 0 Å². The largest absolute Gasteiger partial charge is 0.125 e. The van der Waals surface area contributed by atoms with Crippen LogP contribution in [0.3, 0.4) is 0 Å². The molecule has 0 bridgehead atoms. The first-order chi connectivity index (χ1) is 7.11. The van der Waals surface area contributed by atoms with Crippen molar-refractivity contribution in [2.24, 2.45) is 0 Å². The minimum absolute atomic E-state index is 0.128. The highest BCUT2D eigenvalue weighted by Gasteiger charge is 2.02. The second kappa shape index (κ2) is 10.2. The summed E-state index contributed by atoms with van der Waals surface area (Å²) in [6.45, 7) is 4.31. The van der Waals surface area contributed by atoms with Crippen LogP contribution in [0.4, 0.5) is 0 Å². The van der Waals surface area contributed by atoms with Crippen molar-refractivity contribution in [2.75, 3.05) is 11.5 Å². The highest BCUT2D eigenvalue weighted by atomic mass is 35.5. The summed E-state index contributed by atoms with van der Waals surface area (Å²) in [6.07, 6.45) is 4.13. The van der Waals surface area contributed by atoms with Gasteiger partial charge in [0.2, 0.25) is 0 Å². The molecule has 88 valence electrons. The second-order valence-corrected chi connectivity index (χ2v) is 6.66. The van der Waals surface area contributed by atoms with E-state index in [0.717, 1.165) is 24.3 Å². The predicted molar refractivity (Wildman–Crippen MR) is 78.2 cm³/mol. The monoisotopic (exact) mass is 304 g/mol. The van der Waals surface area contributed by atoms with Crippen molar-refractivity contribution in [3.8, 4) is 0 Å². The Labute approximate surface area is 116 Å². The third-order valence-electron chi connectivity index (χ3n) is 1.32. The molecule has 0 fully saturated rings. The normalized spacial score (nSPS) is 9.93. The van der Waals surface area contributed by atoms with Gasteiger partial charge in [-0.1, -0.05) is 48.7 Å². The fourth-order valence-corrected chi connectivity index (χ4v) is 3.08. The standard InChI is InChI=1S/C10H15Cl3S2/c1-3-5-14-9(15-6-4-2)7-8(11)10(12)13/h7H,3-6H2,1-2H3. The van der Waals surface area contributed by atoms with Gasteiger partial charge in [-0.05, 0) is 30.4 Å². The molecule has 0 amide bonds. The number of hydrogen-bond acceptors (Lipinski definition) is 2. The molecule has 0 aliphatic rings. The molecule has 0 saturated carbocycles.